The highest BCUT2D eigenvalue weighted by atomic mass is 35.5. The van der Waals surface area contributed by atoms with Crippen molar-refractivity contribution in [3.63, 3.8) is 0 Å². The van der Waals surface area contributed by atoms with Gasteiger partial charge in [0.15, 0.2) is 0 Å². The van der Waals surface area contributed by atoms with Crippen LogP contribution in [0.5, 0.6) is 5.75 Å². The molecular formula is C28H23Cl3N4O4. The predicted octanol–water partition coefficient (Wildman–Crippen LogP) is 7.77. The van der Waals surface area contributed by atoms with Crippen LogP contribution in [0.15, 0.2) is 64.5 Å². The molecule has 0 atom stereocenters. The Morgan fingerprint density at radius 3 is 2.56 bits per heavy atom. The molecule has 1 fully saturated rings. The molecule has 0 radical (unpaired) electrons. The fourth-order valence-corrected chi connectivity index (χ4v) is 5.46. The maximum atomic E-state index is 13.5. The van der Waals surface area contributed by atoms with E-state index >= 15 is 0 Å². The number of benzene rings is 3. The average molecular weight is 586 g/mol. The minimum absolute atomic E-state index is 0.0554. The molecule has 200 valence electrons. The van der Waals surface area contributed by atoms with Gasteiger partial charge in [0.05, 0.1) is 22.0 Å². The molecule has 5 rings (SSSR count). The molecule has 8 nitrogen and oxygen atoms in total. The van der Waals surface area contributed by atoms with Gasteiger partial charge in [-0.25, -0.2) is 4.98 Å². The highest BCUT2D eigenvalue weighted by molar-refractivity contribution is 6.35. The van der Waals surface area contributed by atoms with Gasteiger partial charge in [-0.15, -0.1) is 0 Å². The second-order valence-corrected chi connectivity index (χ2v) is 10.6. The van der Waals surface area contributed by atoms with Gasteiger partial charge < -0.3 is 4.74 Å². The zero-order valence-electron chi connectivity index (χ0n) is 20.6. The molecule has 0 N–H and O–H groups in total. The predicted molar refractivity (Wildman–Crippen MR) is 154 cm³/mol. The Balaban J connectivity index is 1.60. The smallest absolute Gasteiger partial charge is 0.313 e. The van der Waals surface area contributed by atoms with E-state index in [2.05, 4.69) is 5.10 Å². The summed E-state index contributed by atoms with van der Waals surface area (Å²) < 4.78 is 7.20. The Hall–Kier alpha value is -3.46. The van der Waals surface area contributed by atoms with Crippen molar-refractivity contribution in [2.45, 2.75) is 44.6 Å². The minimum Gasteiger partial charge on any atom is -0.481 e. The van der Waals surface area contributed by atoms with E-state index in [0.29, 0.717) is 32.3 Å². The van der Waals surface area contributed by atoms with E-state index in [1.165, 1.54) is 23.0 Å². The van der Waals surface area contributed by atoms with Crippen molar-refractivity contribution >= 4 is 57.6 Å². The van der Waals surface area contributed by atoms with E-state index in [1.54, 1.807) is 30.3 Å². The molecule has 0 saturated heterocycles. The van der Waals surface area contributed by atoms with Crippen LogP contribution in [0, 0.1) is 10.1 Å². The van der Waals surface area contributed by atoms with E-state index in [1.807, 2.05) is 12.1 Å². The number of rotatable bonds is 7. The summed E-state index contributed by atoms with van der Waals surface area (Å²) in [6, 6.07) is 14.7. The number of nitro benzene ring substituents is 1. The normalized spacial score (nSPS) is 14.2. The summed E-state index contributed by atoms with van der Waals surface area (Å²) in [5, 5.41) is 17.8. The third-order valence-electron chi connectivity index (χ3n) is 6.71. The quantitative estimate of drug-likeness (QED) is 0.125. The van der Waals surface area contributed by atoms with Gasteiger partial charge in [-0.3, -0.25) is 14.9 Å². The lowest BCUT2D eigenvalue weighted by molar-refractivity contribution is -0.385. The Labute approximate surface area is 238 Å². The Bertz CT molecular complexity index is 1650. The molecule has 0 aliphatic heterocycles. The number of hydrogen-bond acceptors (Lipinski definition) is 6. The Morgan fingerprint density at radius 2 is 1.82 bits per heavy atom. The first-order valence-corrected chi connectivity index (χ1v) is 13.6. The number of nitro groups is 1. The van der Waals surface area contributed by atoms with Crippen LogP contribution < -0.4 is 10.3 Å². The zero-order valence-corrected chi connectivity index (χ0v) is 22.9. The van der Waals surface area contributed by atoms with Gasteiger partial charge in [-0.05, 0) is 43.2 Å². The molecule has 1 saturated carbocycles. The number of halogens is 3. The first-order valence-electron chi connectivity index (χ1n) is 12.4. The van der Waals surface area contributed by atoms with Crippen LogP contribution in [0.1, 0.15) is 55.0 Å². The first-order chi connectivity index (χ1) is 18.8. The second-order valence-electron chi connectivity index (χ2n) is 9.31. The van der Waals surface area contributed by atoms with Crippen LogP contribution in [0.2, 0.25) is 15.1 Å². The molecule has 1 heterocycles. The third kappa shape index (κ3) is 5.93. The molecule has 0 unspecified atom stereocenters. The molecule has 1 aliphatic rings. The van der Waals surface area contributed by atoms with Crippen molar-refractivity contribution in [2.24, 2.45) is 5.10 Å². The molecule has 0 amide bonds. The van der Waals surface area contributed by atoms with E-state index < -0.39 is 4.92 Å². The molecule has 11 heteroatoms. The highest BCUT2D eigenvalue weighted by Crippen LogP contribution is 2.36. The number of hydrogen-bond donors (Lipinski definition) is 0. The standard InChI is InChI=1S/C28H23Cl3N4O4/c29-20-11-10-18(23(31)13-20)16-39-26-19(12-21(30)14-25(26)35(37)38)15-32-34-27(17-6-2-1-3-7-17)33-24-9-5-4-8-22(24)28(34)36/h4-5,8-15,17H,1-3,6-7,16H2. The maximum Gasteiger partial charge on any atom is 0.313 e. The Morgan fingerprint density at radius 1 is 1.05 bits per heavy atom. The molecule has 3 aromatic carbocycles. The summed E-state index contributed by atoms with van der Waals surface area (Å²) in [5.41, 5.74) is 0.767. The van der Waals surface area contributed by atoms with Gasteiger partial charge in [0.25, 0.3) is 5.56 Å². The van der Waals surface area contributed by atoms with Gasteiger partial charge in [0.1, 0.15) is 12.4 Å². The van der Waals surface area contributed by atoms with E-state index in [4.69, 9.17) is 44.5 Å². The molecule has 0 spiro atoms. The highest BCUT2D eigenvalue weighted by Gasteiger charge is 2.24. The summed E-state index contributed by atoms with van der Waals surface area (Å²) in [7, 11) is 0. The van der Waals surface area contributed by atoms with Crippen molar-refractivity contribution in [3.8, 4) is 5.75 Å². The summed E-state index contributed by atoms with van der Waals surface area (Å²) in [4.78, 5) is 29.7. The summed E-state index contributed by atoms with van der Waals surface area (Å²) in [6.45, 7) is -0.0654. The lowest BCUT2D eigenvalue weighted by atomic mass is 9.88. The molecule has 4 aromatic rings. The lowest BCUT2D eigenvalue weighted by Crippen LogP contribution is -2.25. The zero-order chi connectivity index (χ0) is 27.5. The lowest BCUT2D eigenvalue weighted by Gasteiger charge is -2.22. The van der Waals surface area contributed by atoms with Crippen molar-refractivity contribution in [1.82, 2.24) is 9.66 Å². The number of aromatic nitrogens is 2. The second kappa shape index (κ2) is 11.7. The molecule has 1 aromatic heterocycles. The molecule has 1 aliphatic carbocycles. The van der Waals surface area contributed by atoms with Gasteiger partial charge in [-0.1, -0.05) is 72.3 Å². The van der Waals surface area contributed by atoms with Crippen molar-refractivity contribution in [3.05, 3.63) is 107 Å². The van der Waals surface area contributed by atoms with E-state index in [0.717, 1.165) is 32.1 Å². The number of ether oxygens (including phenoxy) is 1. The fraction of sp³-hybridized carbons (Fsp3) is 0.250. The first kappa shape index (κ1) is 27.1. The molecule has 0 bridgehead atoms. The Kier molecular flexibility index (Phi) is 8.16. The monoisotopic (exact) mass is 584 g/mol. The van der Waals surface area contributed by atoms with Gasteiger partial charge in [-0.2, -0.15) is 9.78 Å². The largest absolute Gasteiger partial charge is 0.481 e. The third-order valence-corrected chi connectivity index (χ3v) is 7.51. The maximum absolute atomic E-state index is 13.5. The van der Waals surface area contributed by atoms with Crippen molar-refractivity contribution in [1.29, 1.82) is 0 Å². The SMILES string of the molecule is O=c1c2ccccc2nc(C2CCCCC2)n1N=Cc1cc(Cl)cc([N+](=O)[O-])c1OCc1ccc(Cl)cc1Cl. The van der Waals surface area contributed by atoms with E-state index in [-0.39, 0.29) is 40.1 Å². The van der Waals surface area contributed by atoms with Gasteiger partial charge in [0, 0.05) is 38.2 Å². The molecular weight excluding hydrogens is 563 g/mol. The van der Waals surface area contributed by atoms with Crippen LogP contribution in [0.4, 0.5) is 5.69 Å². The summed E-state index contributed by atoms with van der Waals surface area (Å²) >= 11 is 18.5. The van der Waals surface area contributed by atoms with Crippen LogP contribution in [-0.2, 0) is 6.61 Å². The van der Waals surface area contributed by atoms with Crippen LogP contribution in [0.25, 0.3) is 10.9 Å². The number of fused-ring (bicyclic) bond motifs is 1. The van der Waals surface area contributed by atoms with Crippen LogP contribution >= 0.6 is 34.8 Å². The fourth-order valence-electron chi connectivity index (χ4n) is 4.77. The van der Waals surface area contributed by atoms with Crippen molar-refractivity contribution < 1.29 is 9.66 Å². The summed E-state index contributed by atoms with van der Waals surface area (Å²) in [6.07, 6.45) is 6.38. The molecule has 39 heavy (non-hydrogen) atoms. The number of nitrogens with zero attached hydrogens (tertiary/aromatic N) is 4. The van der Waals surface area contributed by atoms with Crippen LogP contribution in [0.3, 0.4) is 0 Å². The minimum atomic E-state index is -0.584. The average Bonchev–Trinajstić information content (AvgIpc) is 2.93. The summed E-state index contributed by atoms with van der Waals surface area (Å²) in [5.74, 6) is 0.589. The van der Waals surface area contributed by atoms with E-state index in [9.17, 15) is 14.9 Å². The number of para-hydroxylation sites is 1. The topological polar surface area (TPSA) is 99.6 Å². The van der Waals surface area contributed by atoms with Crippen LogP contribution in [-0.4, -0.2) is 20.8 Å². The van der Waals surface area contributed by atoms with Crippen molar-refractivity contribution in [2.75, 3.05) is 0 Å². The van der Waals surface area contributed by atoms with Gasteiger partial charge in [0.2, 0.25) is 5.75 Å². The van der Waals surface area contributed by atoms with Gasteiger partial charge >= 0.3 is 5.69 Å².